The molecule has 0 bridgehead atoms. The van der Waals surface area contributed by atoms with E-state index in [-0.39, 0.29) is 16.8 Å². The lowest BCUT2D eigenvalue weighted by Gasteiger charge is -2.13. The molecule has 0 atom stereocenters. The minimum Gasteiger partial charge on any atom is -0.478 e. The topological polar surface area (TPSA) is 63.3 Å². The Hall–Kier alpha value is -2.50. The lowest BCUT2D eigenvalue weighted by atomic mass is 9.99. The van der Waals surface area contributed by atoms with Crippen molar-refractivity contribution in [3.05, 3.63) is 53.6 Å². The number of aromatic carboxylic acids is 1. The van der Waals surface area contributed by atoms with Crippen LogP contribution in [0.1, 0.15) is 15.9 Å². The molecule has 0 heterocycles. The number of hydrogen-bond acceptors (Lipinski definition) is 2. The summed E-state index contributed by atoms with van der Waals surface area (Å²) in [5.41, 5.74) is 4.99. The number of halogens is 3. The lowest BCUT2D eigenvalue weighted by Crippen LogP contribution is -2.09. The molecule has 0 saturated carbocycles. The van der Waals surface area contributed by atoms with E-state index < -0.39 is 17.7 Å². The fourth-order valence-electron chi connectivity index (χ4n) is 1.86. The van der Waals surface area contributed by atoms with Gasteiger partial charge in [-0.05, 0) is 23.8 Å². The minimum atomic E-state index is -4.53. The van der Waals surface area contributed by atoms with Crippen molar-refractivity contribution in [2.45, 2.75) is 6.18 Å². The van der Waals surface area contributed by atoms with Gasteiger partial charge in [0.25, 0.3) is 0 Å². The largest absolute Gasteiger partial charge is 0.478 e. The zero-order chi connectivity index (χ0) is 14.9. The summed E-state index contributed by atoms with van der Waals surface area (Å²) in [4.78, 5) is 10.7. The molecule has 0 saturated heterocycles. The van der Waals surface area contributed by atoms with E-state index in [0.717, 1.165) is 6.07 Å². The summed E-state index contributed by atoms with van der Waals surface area (Å²) in [5.74, 6) is -1.10. The van der Waals surface area contributed by atoms with Gasteiger partial charge in [-0.15, -0.1) is 0 Å². The number of para-hydroxylation sites is 1. The molecule has 0 amide bonds. The second kappa shape index (κ2) is 4.88. The van der Waals surface area contributed by atoms with Crippen LogP contribution in [-0.2, 0) is 6.18 Å². The number of rotatable bonds is 2. The monoisotopic (exact) mass is 281 g/mol. The van der Waals surface area contributed by atoms with E-state index in [9.17, 15) is 18.0 Å². The van der Waals surface area contributed by atoms with E-state index in [1.807, 2.05) is 0 Å². The first kappa shape index (κ1) is 13.9. The van der Waals surface area contributed by atoms with E-state index in [0.29, 0.717) is 5.56 Å². The van der Waals surface area contributed by atoms with Crippen LogP contribution in [0.3, 0.4) is 0 Å². The van der Waals surface area contributed by atoms with Gasteiger partial charge in [0.05, 0.1) is 16.8 Å². The van der Waals surface area contributed by atoms with Gasteiger partial charge in [-0.25, -0.2) is 4.79 Å². The van der Waals surface area contributed by atoms with Crippen LogP contribution in [0.4, 0.5) is 18.9 Å². The minimum absolute atomic E-state index is 0.0549. The van der Waals surface area contributed by atoms with Crippen molar-refractivity contribution in [2.24, 2.45) is 0 Å². The third kappa shape index (κ3) is 2.59. The molecule has 0 unspecified atom stereocenters. The molecule has 6 heteroatoms. The van der Waals surface area contributed by atoms with Crippen molar-refractivity contribution in [3.8, 4) is 11.1 Å². The Kier molecular flexibility index (Phi) is 3.40. The molecule has 2 rings (SSSR count). The molecule has 20 heavy (non-hydrogen) atoms. The van der Waals surface area contributed by atoms with Crippen LogP contribution in [0.2, 0.25) is 0 Å². The zero-order valence-electron chi connectivity index (χ0n) is 10.1. The van der Waals surface area contributed by atoms with Crippen LogP contribution in [-0.4, -0.2) is 11.1 Å². The molecule has 104 valence electrons. The first-order chi connectivity index (χ1) is 9.30. The summed E-state index contributed by atoms with van der Waals surface area (Å²) in [6.07, 6.45) is -4.53. The van der Waals surface area contributed by atoms with Gasteiger partial charge in [0, 0.05) is 5.56 Å². The molecule has 0 radical (unpaired) electrons. The maximum Gasteiger partial charge on any atom is 0.418 e. The third-order valence-corrected chi connectivity index (χ3v) is 2.85. The molecular formula is C14H10F3NO2. The van der Waals surface area contributed by atoms with Crippen LogP contribution in [0.25, 0.3) is 11.1 Å². The third-order valence-electron chi connectivity index (χ3n) is 2.85. The number of alkyl halides is 3. The van der Waals surface area contributed by atoms with Crippen molar-refractivity contribution >= 4 is 11.7 Å². The number of hydrogen-bond donors (Lipinski definition) is 2. The van der Waals surface area contributed by atoms with Crippen LogP contribution in [0.15, 0.2) is 42.5 Å². The Morgan fingerprint density at radius 3 is 2.15 bits per heavy atom. The average molecular weight is 281 g/mol. The molecule has 0 aliphatic heterocycles. The van der Waals surface area contributed by atoms with Crippen LogP contribution in [0, 0.1) is 0 Å². The van der Waals surface area contributed by atoms with E-state index in [2.05, 4.69) is 0 Å². The maximum atomic E-state index is 12.8. The predicted octanol–water partition coefficient (Wildman–Crippen LogP) is 3.65. The van der Waals surface area contributed by atoms with Crippen molar-refractivity contribution in [1.29, 1.82) is 0 Å². The number of nitrogens with two attached hydrogens (primary N) is 1. The Balaban J connectivity index is 2.51. The number of carbonyl (C=O) groups is 1. The summed E-state index contributed by atoms with van der Waals surface area (Å²) >= 11 is 0. The molecule has 2 aromatic rings. The van der Waals surface area contributed by atoms with Gasteiger partial charge in [0.1, 0.15) is 0 Å². The zero-order valence-corrected chi connectivity index (χ0v) is 10.1. The van der Waals surface area contributed by atoms with Gasteiger partial charge in [-0.2, -0.15) is 13.2 Å². The number of carboxylic acids is 1. The van der Waals surface area contributed by atoms with Crippen molar-refractivity contribution < 1.29 is 23.1 Å². The fourth-order valence-corrected chi connectivity index (χ4v) is 1.86. The van der Waals surface area contributed by atoms with Gasteiger partial charge < -0.3 is 10.8 Å². The van der Waals surface area contributed by atoms with Crippen molar-refractivity contribution in [2.75, 3.05) is 5.73 Å². The normalized spacial score (nSPS) is 11.3. The predicted molar refractivity (Wildman–Crippen MR) is 68.3 cm³/mol. The molecule has 0 fully saturated rings. The van der Waals surface area contributed by atoms with Crippen LogP contribution in [0.5, 0.6) is 0 Å². The Morgan fingerprint density at radius 2 is 1.65 bits per heavy atom. The molecule has 3 N–H and O–H groups in total. The van der Waals surface area contributed by atoms with Gasteiger partial charge in [-0.1, -0.05) is 24.3 Å². The van der Waals surface area contributed by atoms with Crippen molar-refractivity contribution in [1.82, 2.24) is 0 Å². The van der Waals surface area contributed by atoms with E-state index in [4.69, 9.17) is 10.8 Å². The average Bonchev–Trinajstić information content (AvgIpc) is 2.37. The van der Waals surface area contributed by atoms with Gasteiger partial charge in [0.2, 0.25) is 0 Å². The van der Waals surface area contributed by atoms with Crippen LogP contribution >= 0.6 is 0 Å². The molecule has 0 spiro atoms. The quantitative estimate of drug-likeness (QED) is 0.826. The van der Waals surface area contributed by atoms with E-state index in [1.54, 1.807) is 0 Å². The first-order valence-corrected chi connectivity index (χ1v) is 5.60. The van der Waals surface area contributed by atoms with Gasteiger partial charge in [0.15, 0.2) is 0 Å². The number of benzene rings is 2. The first-order valence-electron chi connectivity index (χ1n) is 5.60. The summed E-state index contributed by atoms with van der Waals surface area (Å²) < 4.78 is 38.3. The second-order valence-corrected chi connectivity index (χ2v) is 4.15. The molecular weight excluding hydrogens is 271 g/mol. The second-order valence-electron chi connectivity index (χ2n) is 4.15. The Labute approximate surface area is 112 Å². The standard InChI is InChI=1S/C14H10F3NO2/c15-14(16,17)11-3-1-2-10(12(11)18)8-4-6-9(7-5-8)13(19)20/h1-7H,18H2,(H,19,20). The number of nitrogen functional groups attached to an aromatic ring is 1. The van der Waals surface area contributed by atoms with E-state index in [1.165, 1.54) is 36.4 Å². The van der Waals surface area contributed by atoms with Crippen LogP contribution < -0.4 is 5.73 Å². The summed E-state index contributed by atoms with van der Waals surface area (Å²) in [7, 11) is 0. The Morgan fingerprint density at radius 1 is 1.05 bits per heavy atom. The highest BCUT2D eigenvalue weighted by molar-refractivity contribution is 5.89. The number of carboxylic acid groups (broad SMARTS) is 1. The molecule has 3 nitrogen and oxygen atoms in total. The summed E-state index contributed by atoms with van der Waals surface area (Å²) in [6.45, 7) is 0. The molecule has 0 aromatic heterocycles. The summed E-state index contributed by atoms with van der Waals surface area (Å²) in [5, 5.41) is 8.78. The highest BCUT2D eigenvalue weighted by Crippen LogP contribution is 2.38. The molecule has 0 aliphatic carbocycles. The summed E-state index contributed by atoms with van der Waals surface area (Å²) in [6, 6.07) is 9.11. The van der Waals surface area contributed by atoms with Crippen molar-refractivity contribution in [3.63, 3.8) is 0 Å². The highest BCUT2D eigenvalue weighted by Gasteiger charge is 2.33. The maximum absolute atomic E-state index is 12.8. The SMILES string of the molecule is Nc1c(-c2ccc(C(=O)O)cc2)cccc1C(F)(F)F. The smallest absolute Gasteiger partial charge is 0.418 e. The Bertz CT molecular complexity index is 648. The molecule has 0 aliphatic rings. The van der Waals surface area contributed by atoms with Gasteiger partial charge in [-0.3, -0.25) is 0 Å². The lowest BCUT2D eigenvalue weighted by molar-refractivity contribution is -0.136. The van der Waals surface area contributed by atoms with Gasteiger partial charge >= 0.3 is 12.1 Å². The fraction of sp³-hybridized carbons (Fsp3) is 0.0714. The highest BCUT2D eigenvalue weighted by atomic mass is 19.4. The molecule has 2 aromatic carbocycles. The van der Waals surface area contributed by atoms with E-state index >= 15 is 0 Å². The number of anilines is 1.